The van der Waals surface area contributed by atoms with Crippen LogP contribution in [0.25, 0.3) is 16.2 Å². The minimum absolute atomic E-state index is 0.893. The molecule has 0 aliphatic rings. The van der Waals surface area contributed by atoms with E-state index in [1.807, 2.05) is 53.8 Å². The highest BCUT2D eigenvalue weighted by Crippen LogP contribution is 2.32. The number of anilines is 1. The fourth-order valence-electron chi connectivity index (χ4n) is 1.67. The molecule has 18 heavy (non-hydrogen) atoms. The number of nitrogens with zero attached hydrogens (tertiary/aromatic N) is 4. The standard InChI is InChI=1S/C12H11BrN4S/c1-16(2)12-15-17-10(13)9(14-11(17)18-12)8-6-4-3-5-7-8/h3-7H,1-2H3. The summed E-state index contributed by atoms with van der Waals surface area (Å²) >= 11 is 5.15. The van der Waals surface area contributed by atoms with Crippen molar-refractivity contribution >= 4 is 37.4 Å². The summed E-state index contributed by atoms with van der Waals surface area (Å²) < 4.78 is 2.73. The Labute approximate surface area is 117 Å². The van der Waals surface area contributed by atoms with E-state index in [2.05, 4.69) is 26.0 Å². The Morgan fingerprint density at radius 1 is 1.22 bits per heavy atom. The minimum Gasteiger partial charge on any atom is -0.353 e. The fraction of sp³-hybridized carbons (Fsp3) is 0.167. The molecule has 0 spiro atoms. The van der Waals surface area contributed by atoms with Crippen LogP contribution in [0.2, 0.25) is 0 Å². The molecule has 2 aromatic heterocycles. The highest BCUT2D eigenvalue weighted by molar-refractivity contribution is 9.10. The van der Waals surface area contributed by atoms with Crippen molar-refractivity contribution in [1.29, 1.82) is 0 Å². The third-order valence-electron chi connectivity index (χ3n) is 2.57. The summed E-state index contributed by atoms with van der Waals surface area (Å²) in [5, 5.41) is 5.45. The molecule has 0 saturated heterocycles. The smallest absolute Gasteiger partial charge is 0.215 e. The van der Waals surface area contributed by atoms with E-state index < -0.39 is 0 Å². The number of rotatable bonds is 2. The first-order valence-corrected chi connectivity index (χ1v) is 7.05. The predicted octanol–water partition coefficient (Wildman–Crippen LogP) is 3.29. The minimum atomic E-state index is 0.893. The van der Waals surface area contributed by atoms with Gasteiger partial charge in [-0.25, -0.2) is 4.98 Å². The molecular formula is C12H11BrN4S. The summed E-state index contributed by atoms with van der Waals surface area (Å²) in [5.41, 5.74) is 2.02. The molecule has 92 valence electrons. The van der Waals surface area contributed by atoms with Gasteiger partial charge in [0.05, 0.1) is 0 Å². The molecule has 0 bridgehead atoms. The van der Waals surface area contributed by atoms with Gasteiger partial charge in [-0.3, -0.25) is 0 Å². The molecule has 4 nitrogen and oxygen atoms in total. The zero-order valence-electron chi connectivity index (χ0n) is 9.96. The Hall–Kier alpha value is -1.40. The molecular weight excluding hydrogens is 312 g/mol. The molecule has 0 fully saturated rings. The lowest BCUT2D eigenvalue weighted by molar-refractivity contribution is 0.924. The Morgan fingerprint density at radius 2 is 1.94 bits per heavy atom. The topological polar surface area (TPSA) is 33.4 Å². The van der Waals surface area contributed by atoms with Crippen LogP contribution in [-0.2, 0) is 0 Å². The predicted molar refractivity (Wildman–Crippen MR) is 78.3 cm³/mol. The average Bonchev–Trinajstić information content (AvgIpc) is 2.91. The molecule has 6 heteroatoms. The molecule has 0 aliphatic heterocycles. The lowest BCUT2D eigenvalue weighted by Crippen LogP contribution is -2.08. The molecule has 0 saturated carbocycles. The number of aromatic nitrogens is 3. The number of hydrogen-bond acceptors (Lipinski definition) is 4. The summed E-state index contributed by atoms with van der Waals surface area (Å²) in [5.74, 6) is 0. The van der Waals surface area contributed by atoms with Gasteiger partial charge in [-0.15, -0.1) is 5.10 Å². The van der Waals surface area contributed by atoms with Gasteiger partial charge in [-0.05, 0) is 15.9 Å². The van der Waals surface area contributed by atoms with Crippen molar-refractivity contribution in [2.45, 2.75) is 0 Å². The van der Waals surface area contributed by atoms with Gasteiger partial charge in [0.25, 0.3) is 0 Å². The first-order chi connectivity index (χ1) is 8.66. The van der Waals surface area contributed by atoms with E-state index in [4.69, 9.17) is 0 Å². The maximum Gasteiger partial charge on any atom is 0.215 e. The molecule has 0 unspecified atom stereocenters. The SMILES string of the molecule is CN(C)c1nn2c(Br)c(-c3ccccc3)nc2s1. The van der Waals surface area contributed by atoms with Gasteiger partial charge >= 0.3 is 0 Å². The average molecular weight is 323 g/mol. The molecule has 3 rings (SSSR count). The van der Waals surface area contributed by atoms with Gasteiger partial charge in [0.1, 0.15) is 10.3 Å². The lowest BCUT2D eigenvalue weighted by Gasteiger charge is -2.04. The van der Waals surface area contributed by atoms with Gasteiger partial charge in [0.15, 0.2) is 0 Å². The largest absolute Gasteiger partial charge is 0.353 e. The van der Waals surface area contributed by atoms with Crippen LogP contribution in [0.15, 0.2) is 34.9 Å². The Balaban J connectivity index is 2.16. The zero-order valence-corrected chi connectivity index (χ0v) is 12.4. The molecule has 0 atom stereocenters. The van der Waals surface area contributed by atoms with Crippen molar-refractivity contribution in [1.82, 2.24) is 14.6 Å². The highest BCUT2D eigenvalue weighted by Gasteiger charge is 2.16. The second-order valence-corrected chi connectivity index (χ2v) is 5.78. The summed E-state index contributed by atoms with van der Waals surface area (Å²) in [6, 6.07) is 10.1. The monoisotopic (exact) mass is 322 g/mol. The summed E-state index contributed by atoms with van der Waals surface area (Å²) in [6.45, 7) is 0. The molecule has 0 amide bonds. The quantitative estimate of drug-likeness (QED) is 0.726. The van der Waals surface area contributed by atoms with Gasteiger partial charge in [0.2, 0.25) is 10.1 Å². The van der Waals surface area contributed by atoms with E-state index in [-0.39, 0.29) is 0 Å². The molecule has 0 radical (unpaired) electrons. The summed E-state index contributed by atoms with van der Waals surface area (Å²) in [6.07, 6.45) is 0. The van der Waals surface area contributed by atoms with Gasteiger partial charge < -0.3 is 4.90 Å². The third kappa shape index (κ3) is 1.81. The van der Waals surface area contributed by atoms with Gasteiger partial charge in [-0.2, -0.15) is 4.52 Å². The van der Waals surface area contributed by atoms with E-state index >= 15 is 0 Å². The first kappa shape index (κ1) is 11.7. The van der Waals surface area contributed by atoms with Crippen LogP contribution < -0.4 is 4.90 Å². The maximum absolute atomic E-state index is 4.63. The third-order valence-corrected chi connectivity index (χ3v) is 4.36. The van der Waals surface area contributed by atoms with E-state index in [0.717, 1.165) is 26.0 Å². The second-order valence-electron chi connectivity index (χ2n) is 4.09. The Kier molecular flexibility index (Phi) is 2.83. The van der Waals surface area contributed by atoms with Crippen LogP contribution in [0.1, 0.15) is 0 Å². The van der Waals surface area contributed by atoms with E-state index in [1.54, 1.807) is 11.3 Å². The van der Waals surface area contributed by atoms with Crippen LogP contribution in [0, 0.1) is 0 Å². The van der Waals surface area contributed by atoms with Crippen LogP contribution >= 0.6 is 27.3 Å². The van der Waals surface area contributed by atoms with Crippen molar-refractivity contribution in [2.24, 2.45) is 0 Å². The number of fused-ring (bicyclic) bond motifs is 1. The van der Waals surface area contributed by atoms with Crippen LogP contribution in [0.3, 0.4) is 0 Å². The van der Waals surface area contributed by atoms with E-state index in [0.29, 0.717) is 0 Å². The van der Waals surface area contributed by atoms with Crippen molar-refractivity contribution in [3.63, 3.8) is 0 Å². The van der Waals surface area contributed by atoms with Crippen molar-refractivity contribution in [2.75, 3.05) is 19.0 Å². The Bertz CT molecular complexity index is 687. The van der Waals surface area contributed by atoms with E-state index in [1.165, 1.54) is 0 Å². The number of halogens is 1. The first-order valence-electron chi connectivity index (χ1n) is 5.44. The molecule has 2 heterocycles. The van der Waals surface area contributed by atoms with E-state index in [9.17, 15) is 0 Å². The van der Waals surface area contributed by atoms with Gasteiger partial charge in [-0.1, -0.05) is 41.7 Å². The van der Waals surface area contributed by atoms with Gasteiger partial charge in [0, 0.05) is 19.7 Å². The van der Waals surface area contributed by atoms with Crippen LogP contribution in [0.4, 0.5) is 5.13 Å². The molecule has 3 aromatic rings. The second kappa shape index (κ2) is 4.37. The van der Waals surface area contributed by atoms with Crippen molar-refractivity contribution in [3.8, 4) is 11.3 Å². The number of hydrogen-bond donors (Lipinski definition) is 0. The number of benzene rings is 1. The van der Waals surface area contributed by atoms with Crippen molar-refractivity contribution < 1.29 is 0 Å². The summed E-state index contributed by atoms with van der Waals surface area (Å²) in [7, 11) is 3.95. The molecule has 0 aliphatic carbocycles. The molecule has 1 aromatic carbocycles. The zero-order chi connectivity index (χ0) is 12.7. The highest BCUT2D eigenvalue weighted by atomic mass is 79.9. The molecule has 0 N–H and O–H groups in total. The number of imidazole rings is 1. The lowest BCUT2D eigenvalue weighted by atomic mass is 10.2. The fourth-order valence-corrected chi connectivity index (χ4v) is 3.18. The van der Waals surface area contributed by atoms with Crippen LogP contribution in [0.5, 0.6) is 0 Å². The maximum atomic E-state index is 4.63. The summed E-state index contributed by atoms with van der Waals surface area (Å²) in [4.78, 5) is 7.50. The van der Waals surface area contributed by atoms with Crippen molar-refractivity contribution in [3.05, 3.63) is 34.9 Å². The Morgan fingerprint density at radius 3 is 2.56 bits per heavy atom. The normalized spacial score (nSPS) is 11.1. The van der Waals surface area contributed by atoms with Crippen LogP contribution in [-0.4, -0.2) is 28.7 Å².